The van der Waals surface area contributed by atoms with Crippen LogP contribution in [0.5, 0.6) is 5.75 Å². The lowest BCUT2D eigenvalue weighted by atomic mass is 10.2. The molecule has 0 saturated carbocycles. The van der Waals surface area contributed by atoms with E-state index in [1.165, 1.54) is 25.6 Å². The molecule has 7 heteroatoms. The summed E-state index contributed by atoms with van der Waals surface area (Å²) in [5.74, 6) is 0.0535. The molecule has 1 aromatic carbocycles. The molecule has 96 valence electrons. The molecule has 0 radical (unpaired) electrons. The minimum atomic E-state index is -0.491. The predicted octanol–water partition coefficient (Wildman–Crippen LogP) is 2.89. The Morgan fingerprint density at radius 2 is 2.21 bits per heavy atom. The summed E-state index contributed by atoms with van der Waals surface area (Å²) in [6.07, 6.45) is 1.25. The number of rotatable bonds is 3. The second kappa shape index (κ2) is 5.50. The minimum absolute atomic E-state index is 0.139. The largest absolute Gasteiger partial charge is 0.490 e. The van der Waals surface area contributed by atoms with Gasteiger partial charge in [0.25, 0.3) is 0 Å². The van der Waals surface area contributed by atoms with Gasteiger partial charge in [-0.15, -0.1) is 0 Å². The van der Waals surface area contributed by atoms with Gasteiger partial charge in [-0.25, -0.2) is 14.4 Å². The van der Waals surface area contributed by atoms with Gasteiger partial charge in [0.05, 0.1) is 18.4 Å². The third-order valence-electron chi connectivity index (χ3n) is 2.32. The molecule has 0 unspecified atom stereocenters. The summed E-state index contributed by atoms with van der Waals surface area (Å²) in [6, 6.07) is 5.68. The van der Waals surface area contributed by atoms with Crippen LogP contribution in [-0.2, 0) is 0 Å². The number of ether oxygens (including phenoxy) is 1. The lowest BCUT2D eigenvalue weighted by Gasteiger charge is -2.11. The number of methoxy groups -OCH3 is 1. The Bertz CT molecular complexity index is 657. The van der Waals surface area contributed by atoms with Crippen molar-refractivity contribution in [1.82, 2.24) is 9.97 Å². The fourth-order valence-corrected chi connectivity index (χ4v) is 1.68. The Morgan fingerprint density at radius 1 is 1.42 bits per heavy atom. The van der Waals surface area contributed by atoms with E-state index in [2.05, 4.69) is 15.3 Å². The van der Waals surface area contributed by atoms with Gasteiger partial charge < -0.3 is 10.1 Å². The van der Waals surface area contributed by atoms with Crippen molar-refractivity contribution in [3.8, 4) is 11.8 Å². The Morgan fingerprint density at radius 3 is 2.89 bits per heavy atom. The Labute approximate surface area is 113 Å². The molecule has 0 bridgehead atoms. The molecular weight excluding hydrogens is 271 g/mol. The van der Waals surface area contributed by atoms with Crippen LogP contribution in [-0.4, -0.2) is 17.1 Å². The number of nitrogens with one attached hydrogen (secondary N) is 1. The Kier molecular flexibility index (Phi) is 3.78. The molecule has 1 N–H and O–H groups in total. The molecule has 0 aliphatic rings. The van der Waals surface area contributed by atoms with Crippen molar-refractivity contribution >= 4 is 23.1 Å². The zero-order valence-corrected chi connectivity index (χ0v) is 10.6. The smallest absolute Gasteiger partial charge is 0.199 e. The second-order valence-corrected chi connectivity index (χ2v) is 3.83. The van der Waals surface area contributed by atoms with Gasteiger partial charge in [-0.2, -0.15) is 5.26 Å². The molecule has 0 spiro atoms. The topological polar surface area (TPSA) is 70.8 Å². The van der Waals surface area contributed by atoms with E-state index in [-0.39, 0.29) is 16.5 Å². The summed E-state index contributed by atoms with van der Waals surface area (Å²) in [4.78, 5) is 7.74. The number of hydrogen-bond acceptors (Lipinski definition) is 5. The lowest BCUT2D eigenvalue weighted by molar-refractivity contribution is 0.413. The average molecular weight is 279 g/mol. The van der Waals surface area contributed by atoms with Crippen molar-refractivity contribution in [3.63, 3.8) is 0 Å². The van der Waals surface area contributed by atoms with E-state index in [0.717, 1.165) is 6.07 Å². The Balaban J connectivity index is 2.42. The number of nitrogens with zero attached hydrogens (tertiary/aromatic N) is 3. The summed E-state index contributed by atoms with van der Waals surface area (Å²) in [5.41, 5.74) is 0.550. The molecule has 0 aliphatic heterocycles. The van der Waals surface area contributed by atoms with E-state index >= 15 is 0 Å². The number of aromatic nitrogens is 2. The summed E-state index contributed by atoms with van der Waals surface area (Å²) < 4.78 is 18.1. The predicted molar refractivity (Wildman–Crippen MR) is 68.0 cm³/mol. The fourth-order valence-electron chi connectivity index (χ4n) is 1.47. The molecular formula is C12H8ClFN4O. The molecule has 5 nitrogen and oxygen atoms in total. The van der Waals surface area contributed by atoms with Crippen molar-refractivity contribution in [1.29, 1.82) is 5.26 Å². The lowest BCUT2D eigenvalue weighted by Crippen LogP contribution is -2.01. The highest BCUT2D eigenvalue weighted by Gasteiger charge is 2.12. The monoisotopic (exact) mass is 278 g/mol. The molecule has 1 aromatic heterocycles. The first kappa shape index (κ1) is 13.1. The van der Waals surface area contributed by atoms with Crippen LogP contribution in [0.25, 0.3) is 0 Å². The van der Waals surface area contributed by atoms with Crippen LogP contribution >= 0.6 is 11.6 Å². The molecule has 1 heterocycles. The summed E-state index contributed by atoms with van der Waals surface area (Å²) in [6.45, 7) is 0. The van der Waals surface area contributed by atoms with E-state index in [9.17, 15) is 4.39 Å². The van der Waals surface area contributed by atoms with Gasteiger partial charge in [0, 0.05) is 0 Å². The zero-order valence-electron chi connectivity index (χ0n) is 9.82. The maximum Gasteiger partial charge on any atom is 0.199 e. The van der Waals surface area contributed by atoms with Gasteiger partial charge >= 0.3 is 0 Å². The molecule has 19 heavy (non-hydrogen) atoms. The van der Waals surface area contributed by atoms with Crippen LogP contribution in [0.15, 0.2) is 24.5 Å². The van der Waals surface area contributed by atoms with E-state index in [4.69, 9.17) is 21.6 Å². The quantitative estimate of drug-likeness (QED) is 0.874. The van der Waals surface area contributed by atoms with Gasteiger partial charge in [-0.1, -0.05) is 11.6 Å². The number of benzene rings is 1. The van der Waals surface area contributed by atoms with Crippen LogP contribution in [0, 0.1) is 17.1 Å². The van der Waals surface area contributed by atoms with Crippen LogP contribution in [0.3, 0.4) is 0 Å². The van der Waals surface area contributed by atoms with E-state index < -0.39 is 5.82 Å². The normalized spacial score (nSPS) is 9.79. The number of hydrogen-bond donors (Lipinski definition) is 1. The maximum atomic E-state index is 13.0. The molecule has 0 amide bonds. The summed E-state index contributed by atoms with van der Waals surface area (Å²) in [5, 5.41) is 12.0. The SMILES string of the molecule is COc1c(Cl)ncnc1Nc1ccc(F)cc1C#N. The van der Waals surface area contributed by atoms with Gasteiger partial charge in [0.1, 0.15) is 18.2 Å². The average Bonchev–Trinajstić information content (AvgIpc) is 2.41. The van der Waals surface area contributed by atoms with Crippen molar-refractivity contribution in [2.45, 2.75) is 0 Å². The first-order valence-corrected chi connectivity index (χ1v) is 5.54. The highest BCUT2D eigenvalue weighted by molar-refractivity contribution is 6.31. The molecule has 0 fully saturated rings. The fraction of sp³-hybridized carbons (Fsp3) is 0.0833. The van der Waals surface area contributed by atoms with Gasteiger partial charge in [0.15, 0.2) is 16.7 Å². The van der Waals surface area contributed by atoms with Gasteiger partial charge in [0.2, 0.25) is 0 Å². The first-order valence-electron chi connectivity index (χ1n) is 5.17. The summed E-state index contributed by atoms with van der Waals surface area (Å²) >= 11 is 5.85. The summed E-state index contributed by atoms with van der Waals surface area (Å²) in [7, 11) is 1.42. The standard InChI is InChI=1S/C12H8ClFN4O/c1-19-10-11(13)16-6-17-12(10)18-9-3-2-8(14)4-7(9)5-15/h2-4,6H,1H3,(H,16,17,18). The van der Waals surface area contributed by atoms with Crippen molar-refractivity contribution in [3.05, 3.63) is 41.1 Å². The highest BCUT2D eigenvalue weighted by Crippen LogP contribution is 2.31. The maximum absolute atomic E-state index is 13.0. The van der Waals surface area contributed by atoms with Gasteiger partial charge in [-0.05, 0) is 18.2 Å². The minimum Gasteiger partial charge on any atom is -0.490 e. The van der Waals surface area contributed by atoms with Crippen LogP contribution in [0.1, 0.15) is 5.56 Å². The van der Waals surface area contributed by atoms with Crippen molar-refractivity contribution in [2.75, 3.05) is 12.4 Å². The van der Waals surface area contributed by atoms with Gasteiger partial charge in [-0.3, -0.25) is 0 Å². The van der Waals surface area contributed by atoms with E-state index in [1.54, 1.807) is 0 Å². The molecule has 2 aromatic rings. The molecule has 0 saturated heterocycles. The number of anilines is 2. The van der Waals surface area contributed by atoms with Crippen molar-refractivity contribution < 1.29 is 9.13 Å². The van der Waals surface area contributed by atoms with E-state index in [1.807, 2.05) is 6.07 Å². The Hall–Kier alpha value is -2.39. The highest BCUT2D eigenvalue weighted by atomic mass is 35.5. The van der Waals surface area contributed by atoms with Crippen LogP contribution in [0.4, 0.5) is 15.9 Å². The molecule has 0 atom stereocenters. The number of halogens is 2. The van der Waals surface area contributed by atoms with Crippen LogP contribution < -0.4 is 10.1 Å². The number of nitriles is 1. The third-order valence-corrected chi connectivity index (χ3v) is 2.59. The first-order chi connectivity index (χ1) is 9.15. The molecule has 0 aliphatic carbocycles. The second-order valence-electron chi connectivity index (χ2n) is 3.47. The van der Waals surface area contributed by atoms with E-state index in [0.29, 0.717) is 11.5 Å². The third kappa shape index (κ3) is 2.72. The molecule has 2 rings (SSSR count). The van der Waals surface area contributed by atoms with Crippen LogP contribution in [0.2, 0.25) is 5.15 Å². The zero-order chi connectivity index (χ0) is 13.8. The van der Waals surface area contributed by atoms with Crippen molar-refractivity contribution in [2.24, 2.45) is 0 Å².